The minimum Gasteiger partial charge on any atom is -0.390 e. The van der Waals surface area contributed by atoms with Crippen molar-refractivity contribution >= 4 is 10.0 Å². The van der Waals surface area contributed by atoms with E-state index in [-0.39, 0.29) is 18.7 Å². The van der Waals surface area contributed by atoms with Gasteiger partial charge in [-0.25, -0.2) is 8.42 Å². The van der Waals surface area contributed by atoms with Crippen LogP contribution in [0.25, 0.3) is 0 Å². The Morgan fingerprint density at radius 3 is 2.43 bits per heavy atom. The third kappa shape index (κ3) is 3.17. The second kappa shape index (κ2) is 6.50. The van der Waals surface area contributed by atoms with E-state index in [4.69, 9.17) is 0 Å². The first-order valence-corrected chi connectivity index (χ1v) is 9.19. The summed E-state index contributed by atoms with van der Waals surface area (Å²) in [5.41, 5.74) is 0.644. The molecule has 0 unspecified atom stereocenters. The average molecular weight is 314 g/mol. The molecule has 1 aromatic heterocycles. The number of nitrogens with zero attached hydrogens (tertiary/aromatic N) is 2. The zero-order valence-electron chi connectivity index (χ0n) is 13.1. The lowest BCUT2D eigenvalue weighted by Crippen LogP contribution is -2.38. The minimum absolute atomic E-state index is 0.123. The van der Waals surface area contributed by atoms with Crippen LogP contribution >= 0.6 is 0 Å². The summed E-state index contributed by atoms with van der Waals surface area (Å²) in [4.78, 5) is 0.300. The highest BCUT2D eigenvalue weighted by Gasteiger charge is 2.33. The predicted molar refractivity (Wildman–Crippen MR) is 82.6 cm³/mol. The summed E-state index contributed by atoms with van der Waals surface area (Å²) >= 11 is 0. The number of sulfonamides is 1. The Morgan fingerprint density at radius 2 is 2.00 bits per heavy atom. The molecule has 0 aromatic carbocycles. The molecule has 1 aliphatic rings. The summed E-state index contributed by atoms with van der Waals surface area (Å²) in [5.74, 6) is 0. The van der Waals surface area contributed by atoms with Crippen LogP contribution < -0.4 is 0 Å². The van der Waals surface area contributed by atoms with Crippen LogP contribution in [-0.4, -0.2) is 35.0 Å². The molecule has 0 radical (unpaired) electrons. The standard InChI is InChI=1S/C15H26N2O3S/c1-4-17(13-7-5-6-8-13)21(19,20)15-9-14(11-18)16(10-15)12(2)3/h9-10,12-13,18H,4-8,11H2,1-3H3. The average Bonchev–Trinajstić information content (AvgIpc) is 3.08. The Morgan fingerprint density at radius 1 is 1.38 bits per heavy atom. The summed E-state index contributed by atoms with van der Waals surface area (Å²) < 4.78 is 29.2. The van der Waals surface area contributed by atoms with E-state index in [0.717, 1.165) is 25.7 Å². The third-order valence-corrected chi connectivity index (χ3v) is 6.27. The Bertz CT molecular complexity index is 572. The molecule has 1 aliphatic carbocycles. The van der Waals surface area contributed by atoms with Gasteiger partial charge in [-0.2, -0.15) is 4.31 Å². The van der Waals surface area contributed by atoms with Crippen molar-refractivity contribution in [2.75, 3.05) is 6.54 Å². The van der Waals surface area contributed by atoms with Crippen molar-refractivity contribution in [1.82, 2.24) is 8.87 Å². The first-order valence-electron chi connectivity index (χ1n) is 7.75. The second-order valence-corrected chi connectivity index (χ2v) is 7.86. The van der Waals surface area contributed by atoms with Gasteiger partial charge in [0.25, 0.3) is 0 Å². The maximum absolute atomic E-state index is 12.9. The smallest absolute Gasteiger partial charge is 0.244 e. The first kappa shape index (κ1) is 16.5. The van der Waals surface area contributed by atoms with Crippen molar-refractivity contribution in [3.05, 3.63) is 18.0 Å². The molecule has 0 aliphatic heterocycles. The van der Waals surface area contributed by atoms with Crippen LogP contribution in [-0.2, 0) is 16.6 Å². The molecule has 1 N–H and O–H groups in total. The van der Waals surface area contributed by atoms with Gasteiger partial charge >= 0.3 is 0 Å². The summed E-state index contributed by atoms with van der Waals surface area (Å²) in [7, 11) is -3.48. The molecule has 2 rings (SSSR count). The third-order valence-electron chi connectivity index (χ3n) is 4.28. The highest BCUT2D eigenvalue weighted by molar-refractivity contribution is 7.89. The van der Waals surface area contributed by atoms with E-state index < -0.39 is 10.0 Å². The summed E-state index contributed by atoms with van der Waals surface area (Å²) in [5, 5.41) is 9.42. The quantitative estimate of drug-likeness (QED) is 0.877. The number of aromatic nitrogens is 1. The summed E-state index contributed by atoms with van der Waals surface area (Å²) in [6.07, 6.45) is 5.76. The maximum Gasteiger partial charge on any atom is 0.244 e. The van der Waals surface area contributed by atoms with E-state index >= 15 is 0 Å². The van der Waals surface area contributed by atoms with Crippen molar-refractivity contribution in [3.8, 4) is 0 Å². The van der Waals surface area contributed by atoms with Crippen molar-refractivity contribution in [3.63, 3.8) is 0 Å². The molecule has 21 heavy (non-hydrogen) atoms. The molecule has 1 aromatic rings. The van der Waals surface area contributed by atoms with Gasteiger partial charge in [0, 0.05) is 30.5 Å². The Balaban J connectivity index is 2.38. The molecule has 120 valence electrons. The molecule has 1 saturated carbocycles. The van der Waals surface area contributed by atoms with E-state index in [1.165, 1.54) is 0 Å². The zero-order chi connectivity index (χ0) is 15.6. The lowest BCUT2D eigenvalue weighted by Gasteiger charge is -2.26. The SMILES string of the molecule is CCN(C1CCCC1)S(=O)(=O)c1cc(CO)n(C(C)C)c1. The van der Waals surface area contributed by atoms with Gasteiger partial charge in [-0.1, -0.05) is 19.8 Å². The van der Waals surface area contributed by atoms with Crippen LogP contribution in [0.15, 0.2) is 17.2 Å². The Kier molecular flexibility index (Phi) is 5.11. The minimum atomic E-state index is -3.48. The first-order chi connectivity index (χ1) is 9.91. The summed E-state index contributed by atoms with van der Waals surface area (Å²) in [6, 6.07) is 1.85. The fourth-order valence-electron chi connectivity index (χ4n) is 3.20. The molecule has 1 fully saturated rings. The lowest BCUT2D eigenvalue weighted by atomic mass is 10.2. The van der Waals surface area contributed by atoms with E-state index in [9.17, 15) is 13.5 Å². The van der Waals surface area contributed by atoms with Crippen molar-refractivity contribution in [2.24, 2.45) is 0 Å². The highest BCUT2D eigenvalue weighted by Crippen LogP contribution is 2.29. The molecular weight excluding hydrogens is 288 g/mol. The predicted octanol–water partition coefficient (Wildman–Crippen LogP) is 2.51. The molecule has 6 heteroatoms. The fraction of sp³-hybridized carbons (Fsp3) is 0.733. The highest BCUT2D eigenvalue weighted by atomic mass is 32.2. The number of rotatable bonds is 6. The molecule has 0 amide bonds. The van der Waals surface area contributed by atoms with Gasteiger partial charge in [-0.05, 0) is 32.8 Å². The zero-order valence-corrected chi connectivity index (χ0v) is 13.9. The van der Waals surface area contributed by atoms with Gasteiger partial charge in [0.2, 0.25) is 10.0 Å². The van der Waals surface area contributed by atoms with Crippen molar-refractivity contribution in [1.29, 1.82) is 0 Å². The van der Waals surface area contributed by atoms with Crippen LogP contribution in [0.1, 0.15) is 58.2 Å². The molecule has 0 bridgehead atoms. The van der Waals surface area contributed by atoms with Gasteiger partial charge in [0.1, 0.15) is 4.90 Å². The van der Waals surface area contributed by atoms with E-state index in [2.05, 4.69) is 0 Å². The molecule has 1 heterocycles. The Hall–Kier alpha value is -0.850. The van der Waals surface area contributed by atoms with E-state index in [0.29, 0.717) is 17.1 Å². The van der Waals surface area contributed by atoms with Crippen molar-refractivity contribution in [2.45, 2.75) is 70.0 Å². The van der Waals surface area contributed by atoms with Crippen molar-refractivity contribution < 1.29 is 13.5 Å². The van der Waals surface area contributed by atoms with E-state index in [1.807, 2.05) is 25.3 Å². The Labute approximate surface area is 127 Å². The van der Waals surface area contributed by atoms with Crippen LogP contribution in [0, 0.1) is 0 Å². The monoisotopic (exact) mass is 314 g/mol. The second-order valence-electron chi connectivity index (χ2n) is 5.97. The topological polar surface area (TPSA) is 62.5 Å². The molecule has 0 saturated heterocycles. The molecule has 5 nitrogen and oxygen atoms in total. The molecule has 0 spiro atoms. The summed E-state index contributed by atoms with van der Waals surface area (Å²) in [6.45, 7) is 6.19. The van der Waals surface area contributed by atoms with E-state index in [1.54, 1.807) is 16.6 Å². The van der Waals surface area contributed by atoms with Gasteiger partial charge in [0.05, 0.1) is 6.61 Å². The number of hydrogen-bond donors (Lipinski definition) is 1. The number of hydrogen-bond acceptors (Lipinski definition) is 3. The van der Waals surface area contributed by atoms with Crippen LogP contribution in [0.2, 0.25) is 0 Å². The van der Waals surface area contributed by atoms with Gasteiger partial charge in [-0.15, -0.1) is 0 Å². The van der Waals surface area contributed by atoms with Gasteiger partial charge in [-0.3, -0.25) is 0 Å². The maximum atomic E-state index is 12.9. The van der Waals surface area contributed by atoms with Gasteiger partial charge in [0.15, 0.2) is 0 Å². The van der Waals surface area contributed by atoms with Crippen LogP contribution in [0.4, 0.5) is 0 Å². The largest absolute Gasteiger partial charge is 0.390 e. The van der Waals surface area contributed by atoms with Crippen LogP contribution in [0.5, 0.6) is 0 Å². The molecular formula is C15H26N2O3S. The lowest BCUT2D eigenvalue weighted by molar-refractivity contribution is 0.268. The number of aliphatic hydroxyl groups is 1. The fourth-order valence-corrected chi connectivity index (χ4v) is 4.94. The molecule has 0 atom stereocenters. The van der Waals surface area contributed by atoms with Gasteiger partial charge < -0.3 is 9.67 Å². The van der Waals surface area contributed by atoms with Crippen LogP contribution in [0.3, 0.4) is 0 Å². The number of aliphatic hydroxyl groups excluding tert-OH is 1. The normalized spacial score (nSPS) is 17.2.